The topological polar surface area (TPSA) is 120 Å². The van der Waals surface area contributed by atoms with Crippen molar-refractivity contribution < 1.29 is 22.9 Å². The number of likely N-dealkylation sites (N-methyl/N-ethyl adjacent to an activating group) is 1. The molecular weight excluding hydrogens is 529 g/mol. The zero-order chi connectivity index (χ0) is 28.9. The van der Waals surface area contributed by atoms with Crippen molar-refractivity contribution in [1.29, 1.82) is 5.26 Å². The van der Waals surface area contributed by atoms with Crippen LogP contribution in [-0.4, -0.2) is 40.7 Å². The number of benzene rings is 1. The van der Waals surface area contributed by atoms with Gasteiger partial charge in [-0.3, -0.25) is 23.3 Å². The Morgan fingerprint density at radius 3 is 2.55 bits per heavy atom. The predicted molar refractivity (Wildman–Crippen MR) is 153 cm³/mol. The molecule has 0 saturated carbocycles. The van der Waals surface area contributed by atoms with Crippen LogP contribution in [0, 0.1) is 11.3 Å². The number of hydrogen-bond acceptors (Lipinski definition) is 8. The van der Waals surface area contributed by atoms with Gasteiger partial charge in [-0.05, 0) is 56.7 Å². The van der Waals surface area contributed by atoms with Gasteiger partial charge >= 0.3 is 7.82 Å². The van der Waals surface area contributed by atoms with Gasteiger partial charge in [-0.1, -0.05) is 18.7 Å². The lowest BCUT2D eigenvalue weighted by Gasteiger charge is -2.22. The smallest absolute Gasteiger partial charge is 0.310 e. The van der Waals surface area contributed by atoms with E-state index in [1.54, 1.807) is 63.1 Å². The molecule has 0 aliphatic heterocycles. The molecule has 1 amide bonds. The highest BCUT2D eigenvalue weighted by atomic mass is 31.2. The van der Waals surface area contributed by atoms with Gasteiger partial charge in [0.1, 0.15) is 11.9 Å². The summed E-state index contributed by atoms with van der Waals surface area (Å²) in [7, 11) is -2.17. The highest BCUT2D eigenvalue weighted by Gasteiger charge is 2.30. The van der Waals surface area contributed by atoms with Gasteiger partial charge in [-0.15, -0.1) is 0 Å². The second-order valence-electron chi connectivity index (χ2n) is 8.76. The molecule has 3 aromatic heterocycles. The van der Waals surface area contributed by atoms with Crippen molar-refractivity contribution in [2.45, 2.75) is 27.0 Å². The molecule has 0 spiro atoms. The molecule has 1 unspecified atom stereocenters. The normalized spacial score (nSPS) is 12.2. The Kier molecular flexibility index (Phi) is 8.93. The zero-order valence-electron chi connectivity index (χ0n) is 22.8. The van der Waals surface area contributed by atoms with E-state index in [-0.39, 0.29) is 19.1 Å². The second kappa shape index (κ2) is 12.4. The van der Waals surface area contributed by atoms with Crippen LogP contribution in [-0.2, 0) is 22.9 Å². The van der Waals surface area contributed by atoms with Gasteiger partial charge in [0.15, 0.2) is 0 Å². The summed E-state index contributed by atoms with van der Waals surface area (Å²) >= 11 is 0. The first-order chi connectivity index (χ1) is 19.2. The Hall–Kier alpha value is -4.13. The number of carbonyl (C=O) groups excluding carboxylic acids is 1. The Labute approximate surface area is 233 Å². The van der Waals surface area contributed by atoms with Crippen molar-refractivity contribution in [3.05, 3.63) is 79.4 Å². The number of anilines is 1. The van der Waals surface area contributed by atoms with E-state index in [1.165, 1.54) is 11.0 Å². The standard InChI is InChI=1S/C29H30N5O5P/c1-6-28(35)33(5)25-13-23(16-31-18-25)24-14-26-27(22-11-9-10-21(12-22)15-30)19-34(29(26)32-17-24)20(4)39-40(36,37-7-2)38-8-3/h6,9-14,16-20H,1,7-8H2,2-5H3. The number of fused-ring (bicyclic) bond motifs is 1. The fraction of sp³-hybridized carbons (Fsp3) is 0.241. The van der Waals surface area contributed by atoms with E-state index in [2.05, 4.69) is 17.6 Å². The number of rotatable bonds is 11. The molecule has 40 heavy (non-hydrogen) atoms. The molecule has 1 aromatic carbocycles. The van der Waals surface area contributed by atoms with Crippen LogP contribution in [0.1, 0.15) is 32.6 Å². The first-order valence-corrected chi connectivity index (χ1v) is 14.1. The lowest BCUT2D eigenvalue weighted by molar-refractivity contribution is -0.113. The second-order valence-corrected chi connectivity index (χ2v) is 10.4. The van der Waals surface area contributed by atoms with E-state index in [1.807, 2.05) is 30.5 Å². The molecule has 0 aliphatic carbocycles. The molecule has 0 saturated heterocycles. The van der Waals surface area contributed by atoms with Crippen molar-refractivity contribution in [2.75, 3.05) is 25.2 Å². The molecular formula is C29H30N5O5P. The zero-order valence-corrected chi connectivity index (χ0v) is 23.7. The third-order valence-corrected chi connectivity index (χ3v) is 7.88. The quantitative estimate of drug-likeness (QED) is 0.151. The van der Waals surface area contributed by atoms with Gasteiger partial charge in [-0.2, -0.15) is 5.26 Å². The van der Waals surface area contributed by atoms with Gasteiger partial charge in [0.05, 0.1) is 36.7 Å². The minimum atomic E-state index is -3.82. The predicted octanol–water partition coefficient (Wildman–Crippen LogP) is 6.50. The fourth-order valence-corrected chi connectivity index (χ4v) is 5.54. The summed E-state index contributed by atoms with van der Waals surface area (Å²) in [6.07, 6.45) is 7.31. The molecule has 3 heterocycles. The summed E-state index contributed by atoms with van der Waals surface area (Å²) in [4.78, 5) is 22.6. The Balaban J connectivity index is 1.86. The van der Waals surface area contributed by atoms with Crippen LogP contribution in [0.15, 0.2) is 73.8 Å². The molecule has 11 heteroatoms. The first kappa shape index (κ1) is 28.9. The first-order valence-electron chi connectivity index (χ1n) is 12.7. The van der Waals surface area contributed by atoms with Gasteiger partial charge < -0.3 is 9.47 Å². The number of pyridine rings is 2. The van der Waals surface area contributed by atoms with Crippen LogP contribution in [0.2, 0.25) is 0 Å². The lowest BCUT2D eigenvalue weighted by Crippen LogP contribution is -2.23. The average Bonchev–Trinajstić information content (AvgIpc) is 3.35. The number of phosphoric ester groups is 1. The number of phosphoric acid groups is 1. The Morgan fingerprint density at radius 2 is 1.88 bits per heavy atom. The molecule has 1 atom stereocenters. The van der Waals surface area contributed by atoms with Crippen LogP contribution >= 0.6 is 7.82 Å². The monoisotopic (exact) mass is 559 g/mol. The highest BCUT2D eigenvalue weighted by Crippen LogP contribution is 2.52. The summed E-state index contributed by atoms with van der Waals surface area (Å²) in [5.41, 5.74) is 4.79. The number of nitriles is 1. The lowest BCUT2D eigenvalue weighted by atomic mass is 10.0. The third kappa shape index (κ3) is 6.03. The molecule has 206 valence electrons. The maximum absolute atomic E-state index is 13.1. The largest absolute Gasteiger partial charge is 0.476 e. The van der Waals surface area contributed by atoms with Crippen LogP contribution in [0.5, 0.6) is 0 Å². The molecule has 4 rings (SSSR count). The molecule has 0 radical (unpaired) electrons. The molecule has 4 aromatic rings. The number of nitrogens with zero attached hydrogens (tertiary/aromatic N) is 5. The van der Waals surface area contributed by atoms with Crippen molar-refractivity contribution >= 4 is 30.5 Å². The summed E-state index contributed by atoms with van der Waals surface area (Å²) in [6.45, 7) is 9.01. The highest BCUT2D eigenvalue weighted by molar-refractivity contribution is 7.48. The average molecular weight is 560 g/mol. The number of carbonyl (C=O) groups is 1. The van der Waals surface area contributed by atoms with Crippen LogP contribution in [0.25, 0.3) is 33.3 Å². The maximum atomic E-state index is 13.1. The van der Waals surface area contributed by atoms with Crippen LogP contribution in [0.3, 0.4) is 0 Å². The Morgan fingerprint density at radius 1 is 1.15 bits per heavy atom. The number of aromatic nitrogens is 3. The number of amides is 1. The van der Waals surface area contributed by atoms with Crippen LogP contribution < -0.4 is 4.90 Å². The van der Waals surface area contributed by atoms with Gasteiger partial charge in [-0.25, -0.2) is 9.55 Å². The fourth-order valence-electron chi connectivity index (χ4n) is 4.24. The van der Waals surface area contributed by atoms with E-state index in [4.69, 9.17) is 18.6 Å². The summed E-state index contributed by atoms with van der Waals surface area (Å²) in [5, 5.41) is 10.2. The van der Waals surface area contributed by atoms with Gasteiger partial charge in [0.2, 0.25) is 5.91 Å². The number of hydrogen-bond donors (Lipinski definition) is 0. The van der Waals surface area contributed by atoms with E-state index in [0.29, 0.717) is 16.9 Å². The summed E-state index contributed by atoms with van der Waals surface area (Å²) in [5.74, 6) is -0.255. The van der Waals surface area contributed by atoms with Crippen molar-refractivity contribution in [3.63, 3.8) is 0 Å². The van der Waals surface area contributed by atoms with E-state index < -0.39 is 14.1 Å². The van der Waals surface area contributed by atoms with Crippen molar-refractivity contribution in [1.82, 2.24) is 14.5 Å². The van der Waals surface area contributed by atoms with Crippen LogP contribution in [0.4, 0.5) is 5.69 Å². The van der Waals surface area contributed by atoms with Gasteiger partial charge in [0, 0.05) is 47.7 Å². The molecule has 0 aliphatic rings. The minimum absolute atomic E-state index is 0.158. The molecule has 0 fully saturated rings. The molecule has 0 N–H and O–H groups in total. The third-order valence-electron chi connectivity index (χ3n) is 6.17. The molecule has 0 bridgehead atoms. The van der Waals surface area contributed by atoms with Crippen molar-refractivity contribution in [3.8, 4) is 28.3 Å². The Bertz CT molecular complexity index is 1630. The van der Waals surface area contributed by atoms with Crippen molar-refractivity contribution in [2.24, 2.45) is 0 Å². The van der Waals surface area contributed by atoms with Gasteiger partial charge in [0.25, 0.3) is 0 Å². The summed E-state index contributed by atoms with van der Waals surface area (Å²) < 4.78 is 31.3. The minimum Gasteiger partial charge on any atom is -0.310 e. The van der Waals surface area contributed by atoms with E-state index in [9.17, 15) is 14.6 Å². The van der Waals surface area contributed by atoms with E-state index >= 15 is 0 Å². The molecule has 10 nitrogen and oxygen atoms in total. The SMILES string of the molecule is C=CC(=O)N(C)c1cncc(-c2cnc3c(c2)c(-c2cccc(C#N)c2)cn3C(C)OP(=O)(OCC)OCC)c1. The van der Waals surface area contributed by atoms with E-state index in [0.717, 1.165) is 27.6 Å². The maximum Gasteiger partial charge on any atom is 0.476 e. The summed E-state index contributed by atoms with van der Waals surface area (Å²) in [6, 6.07) is 13.2.